The van der Waals surface area contributed by atoms with Crippen LogP contribution in [0.25, 0.3) is 0 Å². The van der Waals surface area contributed by atoms with Gasteiger partial charge in [0.1, 0.15) is 0 Å². The molecule has 15 heavy (non-hydrogen) atoms. The largest absolute Gasteiger partial charge is 0.501 e. The molecule has 1 N–H and O–H groups in total. The molecule has 0 aliphatic carbocycles. The highest BCUT2D eigenvalue weighted by Crippen LogP contribution is 2.26. The van der Waals surface area contributed by atoms with Crippen LogP contribution in [0, 0.1) is 0 Å². The molecule has 0 saturated carbocycles. The Morgan fingerprint density at radius 3 is 3.00 bits per heavy atom. The van der Waals surface area contributed by atoms with Crippen molar-refractivity contribution in [3.8, 4) is 0 Å². The Balaban J connectivity index is 2.24. The van der Waals surface area contributed by atoms with Gasteiger partial charge in [-0.05, 0) is 31.5 Å². The van der Waals surface area contributed by atoms with Gasteiger partial charge in [0, 0.05) is 13.2 Å². The van der Waals surface area contributed by atoms with Gasteiger partial charge >= 0.3 is 0 Å². The molecule has 0 fully saturated rings. The highest BCUT2D eigenvalue weighted by molar-refractivity contribution is 5.21. The molecule has 1 atom stereocenters. The summed E-state index contributed by atoms with van der Waals surface area (Å²) in [4.78, 5) is 0. The van der Waals surface area contributed by atoms with Gasteiger partial charge in [0.2, 0.25) is 0 Å². The Morgan fingerprint density at radius 1 is 1.60 bits per heavy atom. The van der Waals surface area contributed by atoms with E-state index in [0.717, 1.165) is 19.4 Å². The van der Waals surface area contributed by atoms with Crippen molar-refractivity contribution in [2.24, 2.45) is 7.05 Å². The second-order valence-corrected chi connectivity index (χ2v) is 3.77. The third-order valence-corrected chi connectivity index (χ3v) is 2.78. The van der Waals surface area contributed by atoms with Crippen molar-refractivity contribution < 1.29 is 4.74 Å². The molecule has 0 amide bonds. The number of hydrogen-bond acceptors (Lipinski definition) is 3. The summed E-state index contributed by atoms with van der Waals surface area (Å²) < 4.78 is 7.27. The van der Waals surface area contributed by atoms with Gasteiger partial charge in [-0.15, -0.1) is 0 Å². The molecule has 0 saturated heterocycles. The van der Waals surface area contributed by atoms with Crippen molar-refractivity contribution in [2.75, 3.05) is 13.7 Å². The first-order valence-corrected chi connectivity index (χ1v) is 5.28. The van der Waals surface area contributed by atoms with Gasteiger partial charge in [-0.3, -0.25) is 4.68 Å². The summed E-state index contributed by atoms with van der Waals surface area (Å²) in [6, 6.07) is 2.26. The second-order valence-electron chi connectivity index (χ2n) is 3.77. The summed E-state index contributed by atoms with van der Waals surface area (Å²) in [7, 11) is 3.93. The molecule has 2 heterocycles. The van der Waals surface area contributed by atoms with E-state index in [2.05, 4.69) is 10.4 Å². The standard InChI is InChI=1S/C11H17N3O/c1-12-11(9-4-3-7-15-8-9)10-5-6-13-14(10)2/h5-6,8,11-12H,3-4,7H2,1-2H3. The lowest BCUT2D eigenvalue weighted by Gasteiger charge is -2.22. The fourth-order valence-electron chi connectivity index (χ4n) is 1.99. The van der Waals surface area contributed by atoms with Crippen LogP contribution in [-0.4, -0.2) is 23.4 Å². The molecule has 4 nitrogen and oxygen atoms in total. The smallest absolute Gasteiger partial charge is 0.0876 e. The molecule has 0 radical (unpaired) electrons. The van der Waals surface area contributed by atoms with Crippen molar-refractivity contribution in [2.45, 2.75) is 18.9 Å². The average molecular weight is 207 g/mol. The summed E-state index contributed by atoms with van der Waals surface area (Å²) in [5.74, 6) is 0. The van der Waals surface area contributed by atoms with Crippen LogP contribution in [0.3, 0.4) is 0 Å². The predicted molar refractivity (Wildman–Crippen MR) is 58.3 cm³/mol. The number of likely N-dealkylation sites (N-methyl/N-ethyl adjacent to an activating group) is 1. The Bertz CT molecular complexity index is 356. The number of hydrogen-bond donors (Lipinski definition) is 1. The molecule has 4 heteroatoms. The van der Waals surface area contributed by atoms with Crippen molar-refractivity contribution in [3.05, 3.63) is 29.8 Å². The van der Waals surface area contributed by atoms with E-state index in [9.17, 15) is 0 Å². The first-order chi connectivity index (χ1) is 7.33. The van der Waals surface area contributed by atoms with E-state index in [1.54, 1.807) is 0 Å². The fraction of sp³-hybridized carbons (Fsp3) is 0.545. The highest BCUT2D eigenvalue weighted by Gasteiger charge is 2.19. The van der Waals surface area contributed by atoms with Gasteiger partial charge in [-0.1, -0.05) is 0 Å². The monoisotopic (exact) mass is 207 g/mol. The Hall–Kier alpha value is -1.29. The van der Waals surface area contributed by atoms with Gasteiger partial charge in [-0.25, -0.2) is 0 Å². The second kappa shape index (κ2) is 4.49. The van der Waals surface area contributed by atoms with Crippen molar-refractivity contribution >= 4 is 0 Å². The van der Waals surface area contributed by atoms with Crippen LogP contribution < -0.4 is 5.32 Å². The van der Waals surface area contributed by atoms with Crippen LogP contribution in [0.15, 0.2) is 24.1 Å². The minimum atomic E-state index is 0.220. The number of rotatable bonds is 3. The van der Waals surface area contributed by atoms with Crippen molar-refractivity contribution in [1.82, 2.24) is 15.1 Å². The van der Waals surface area contributed by atoms with E-state index >= 15 is 0 Å². The zero-order chi connectivity index (χ0) is 10.7. The minimum absolute atomic E-state index is 0.220. The normalized spacial score (nSPS) is 18.1. The molecular weight excluding hydrogens is 190 g/mol. The summed E-state index contributed by atoms with van der Waals surface area (Å²) in [5.41, 5.74) is 2.47. The van der Waals surface area contributed by atoms with Crippen LogP contribution in [0.4, 0.5) is 0 Å². The third-order valence-electron chi connectivity index (χ3n) is 2.78. The molecule has 1 aromatic heterocycles. The molecule has 0 bridgehead atoms. The van der Waals surface area contributed by atoms with Crippen LogP contribution in [0.5, 0.6) is 0 Å². The lowest BCUT2D eigenvalue weighted by molar-refractivity contribution is 0.219. The summed E-state index contributed by atoms with van der Waals surface area (Å²) in [5, 5.41) is 7.49. The highest BCUT2D eigenvalue weighted by atomic mass is 16.5. The molecule has 1 aliphatic heterocycles. The summed E-state index contributed by atoms with van der Waals surface area (Å²) in [6.07, 6.45) is 5.90. The molecule has 82 valence electrons. The first kappa shape index (κ1) is 10.2. The number of nitrogens with zero attached hydrogens (tertiary/aromatic N) is 2. The van der Waals surface area contributed by atoms with Gasteiger partial charge in [-0.2, -0.15) is 5.10 Å². The van der Waals surface area contributed by atoms with Gasteiger partial charge in [0.05, 0.1) is 24.6 Å². The number of aromatic nitrogens is 2. The van der Waals surface area contributed by atoms with Crippen molar-refractivity contribution in [3.63, 3.8) is 0 Å². The van der Waals surface area contributed by atoms with E-state index in [4.69, 9.17) is 4.74 Å². The zero-order valence-corrected chi connectivity index (χ0v) is 9.23. The van der Waals surface area contributed by atoms with E-state index in [0.29, 0.717) is 0 Å². The topological polar surface area (TPSA) is 39.1 Å². The number of aryl methyl sites for hydroxylation is 1. The fourth-order valence-corrected chi connectivity index (χ4v) is 1.99. The maximum absolute atomic E-state index is 5.37. The van der Waals surface area contributed by atoms with E-state index in [-0.39, 0.29) is 6.04 Å². The average Bonchev–Trinajstić information content (AvgIpc) is 2.68. The first-order valence-electron chi connectivity index (χ1n) is 5.28. The quantitative estimate of drug-likeness (QED) is 0.813. The van der Waals surface area contributed by atoms with Crippen LogP contribution in [-0.2, 0) is 11.8 Å². The molecule has 0 spiro atoms. The maximum atomic E-state index is 5.37. The number of nitrogens with one attached hydrogen (secondary N) is 1. The van der Waals surface area contributed by atoms with Crippen molar-refractivity contribution in [1.29, 1.82) is 0 Å². The van der Waals surface area contributed by atoms with E-state index in [1.165, 1.54) is 11.3 Å². The maximum Gasteiger partial charge on any atom is 0.0876 e. The molecule has 1 aliphatic rings. The van der Waals surface area contributed by atoms with Crippen LogP contribution in [0.2, 0.25) is 0 Å². The molecular formula is C11H17N3O. The Morgan fingerprint density at radius 2 is 2.47 bits per heavy atom. The van der Waals surface area contributed by atoms with E-state index in [1.807, 2.05) is 37.3 Å². The van der Waals surface area contributed by atoms with Gasteiger partial charge < -0.3 is 10.1 Å². The van der Waals surface area contributed by atoms with Crippen LogP contribution in [0.1, 0.15) is 24.6 Å². The Kier molecular flexibility index (Phi) is 3.06. The molecule has 2 rings (SSSR count). The predicted octanol–water partition coefficient (Wildman–Crippen LogP) is 1.37. The molecule has 1 unspecified atom stereocenters. The van der Waals surface area contributed by atoms with Gasteiger partial charge in [0.15, 0.2) is 0 Å². The minimum Gasteiger partial charge on any atom is -0.501 e. The van der Waals surface area contributed by atoms with E-state index < -0.39 is 0 Å². The number of ether oxygens (including phenoxy) is 1. The molecule has 1 aromatic rings. The van der Waals surface area contributed by atoms with Gasteiger partial charge in [0.25, 0.3) is 0 Å². The summed E-state index contributed by atoms with van der Waals surface area (Å²) >= 11 is 0. The lowest BCUT2D eigenvalue weighted by atomic mass is 9.99. The molecule has 0 aromatic carbocycles. The summed E-state index contributed by atoms with van der Waals surface area (Å²) in [6.45, 7) is 0.839. The third kappa shape index (κ3) is 2.04. The zero-order valence-electron chi connectivity index (χ0n) is 9.23. The lowest BCUT2D eigenvalue weighted by Crippen LogP contribution is -2.23. The van der Waals surface area contributed by atoms with Crippen LogP contribution >= 0.6 is 0 Å². The SMILES string of the molecule is CNC(C1=COCCC1)c1ccnn1C. The Labute approximate surface area is 89.9 Å².